The lowest BCUT2D eigenvalue weighted by Gasteiger charge is -2.33. The molecule has 1 saturated heterocycles. The molecule has 0 aromatic heterocycles. The summed E-state index contributed by atoms with van der Waals surface area (Å²) in [5, 5.41) is 2.76. The highest BCUT2D eigenvalue weighted by Gasteiger charge is 2.33. The molecule has 1 N–H and O–H groups in total. The van der Waals surface area contributed by atoms with Crippen LogP contribution in [-0.2, 0) is 20.7 Å². The number of ether oxygens (including phenoxy) is 1. The van der Waals surface area contributed by atoms with Crippen LogP contribution in [0.3, 0.4) is 0 Å². The van der Waals surface area contributed by atoms with Crippen LogP contribution in [0.25, 0.3) is 0 Å². The Morgan fingerprint density at radius 3 is 2.70 bits per heavy atom. The van der Waals surface area contributed by atoms with Crippen molar-refractivity contribution >= 4 is 11.8 Å². The summed E-state index contributed by atoms with van der Waals surface area (Å²) in [5.41, 5.74) is 1.03. The van der Waals surface area contributed by atoms with E-state index >= 15 is 0 Å². The standard InChI is InChI=1S/C15H20N2O3/c1-11(20-2)9-17-10-14(18)16-13(15(17)19)8-12-6-4-3-5-7-12/h3-7,11,13H,8-10H2,1-2H3,(H,16,18). The number of carbonyl (C=O) groups is 2. The Morgan fingerprint density at radius 2 is 2.05 bits per heavy atom. The summed E-state index contributed by atoms with van der Waals surface area (Å²) in [5.74, 6) is -0.161. The number of rotatable bonds is 5. The van der Waals surface area contributed by atoms with Crippen molar-refractivity contribution in [3.05, 3.63) is 35.9 Å². The van der Waals surface area contributed by atoms with E-state index in [1.807, 2.05) is 37.3 Å². The third-order valence-corrected chi connectivity index (χ3v) is 3.44. The van der Waals surface area contributed by atoms with Crippen LogP contribution in [-0.4, -0.2) is 49.1 Å². The third-order valence-electron chi connectivity index (χ3n) is 3.44. The van der Waals surface area contributed by atoms with Crippen LogP contribution in [0.15, 0.2) is 30.3 Å². The van der Waals surface area contributed by atoms with Crippen molar-refractivity contribution < 1.29 is 14.3 Å². The molecule has 2 rings (SSSR count). The van der Waals surface area contributed by atoms with E-state index in [2.05, 4.69) is 5.32 Å². The van der Waals surface area contributed by atoms with Crippen molar-refractivity contribution in [3.63, 3.8) is 0 Å². The normalized spacial score (nSPS) is 20.7. The van der Waals surface area contributed by atoms with E-state index in [0.29, 0.717) is 13.0 Å². The zero-order valence-electron chi connectivity index (χ0n) is 11.8. The zero-order chi connectivity index (χ0) is 14.5. The monoisotopic (exact) mass is 276 g/mol. The molecule has 2 atom stereocenters. The molecule has 108 valence electrons. The van der Waals surface area contributed by atoms with Gasteiger partial charge in [-0.05, 0) is 12.5 Å². The van der Waals surface area contributed by atoms with Gasteiger partial charge in [-0.3, -0.25) is 9.59 Å². The minimum absolute atomic E-state index is 0.0441. The second-order valence-corrected chi connectivity index (χ2v) is 5.07. The lowest BCUT2D eigenvalue weighted by Crippen LogP contribution is -2.59. The van der Waals surface area contributed by atoms with Crippen LogP contribution in [0.5, 0.6) is 0 Å². The van der Waals surface area contributed by atoms with Crippen LogP contribution in [0.2, 0.25) is 0 Å². The fourth-order valence-corrected chi connectivity index (χ4v) is 2.30. The number of nitrogens with one attached hydrogen (secondary N) is 1. The molecule has 1 heterocycles. The Balaban J connectivity index is 2.05. The van der Waals surface area contributed by atoms with Gasteiger partial charge in [0.2, 0.25) is 11.8 Å². The van der Waals surface area contributed by atoms with Crippen LogP contribution >= 0.6 is 0 Å². The van der Waals surface area contributed by atoms with Crippen LogP contribution in [0, 0.1) is 0 Å². The quantitative estimate of drug-likeness (QED) is 0.856. The summed E-state index contributed by atoms with van der Waals surface area (Å²) in [4.78, 5) is 25.7. The molecule has 1 aromatic rings. The maximum atomic E-state index is 12.4. The first-order valence-corrected chi connectivity index (χ1v) is 6.75. The molecule has 5 heteroatoms. The topological polar surface area (TPSA) is 58.6 Å². The minimum Gasteiger partial charge on any atom is -0.380 e. The van der Waals surface area contributed by atoms with Gasteiger partial charge in [-0.1, -0.05) is 30.3 Å². The number of hydrogen-bond donors (Lipinski definition) is 1. The molecule has 20 heavy (non-hydrogen) atoms. The Bertz CT molecular complexity index is 475. The summed E-state index contributed by atoms with van der Waals surface area (Å²) < 4.78 is 5.16. The van der Waals surface area contributed by atoms with E-state index in [1.54, 1.807) is 12.0 Å². The molecule has 1 fully saturated rings. The number of piperazine rings is 1. The lowest BCUT2D eigenvalue weighted by atomic mass is 10.0. The van der Waals surface area contributed by atoms with E-state index < -0.39 is 6.04 Å². The molecule has 2 unspecified atom stereocenters. The Labute approximate surface area is 118 Å². The molecular weight excluding hydrogens is 256 g/mol. The van der Waals surface area contributed by atoms with Gasteiger partial charge in [-0.15, -0.1) is 0 Å². The van der Waals surface area contributed by atoms with Gasteiger partial charge in [0, 0.05) is 20.1 Å². The van der Waals surface area contributed by atoms with Gasteiger partial charge >= 0.3 is 0 Å². The lowest BCUT2D eigenvalue weighted by molar-refractivity contribution is -0.145. The van der Waals surface area contributed by atoms with Crippen LogP contribution in [0.4, 0.5) is 0 Å². The van der Waals surface area contributed by atoms with E-state index in [4.69, 9.17) is 4.74 Å². The van der Waals surface area contributed by atoms with Gasteiger partial charge in [0.1, 0.15) is 6.04 Å². The van der Waals surface area contributed by atoms with E-state index in [9.17, 15) is 9.59 Å². The molecule has 0 bridgehead atoms. The predicted octanol–water partition coefficient (Wildman–Crippen LogP) is 0.591. The van der Waals surface area contributed by atoms with E-state index in [1.165, 1.54) is 0 Å². The fraction of sp³-hybridized carbons (Fsp3) is 0.467. The van der Waals surface area contributed by atoms with Gasteiger partial charge in [0.05, 0.1) is 12.6 Å². The van der Waals surface area contributed by atoms with E-state index in [-0.39, 0.29) is 24.5 Å². The van der Waals surface area contributed by atoms with E-state index in [0.717, 1.165) is 5.56 Å². The Kier molecular flexibility index (Phi) is 4.74. The number of amides is 2. The SMILES string of the molecule is COC(C)CN1CC(=O)NC(Cc2ccccc2)C1=O. The second kappa shape index (κ2) is 6.52. The minimum atomic E-state index is -0.484. The molecule has 0 saturated carbocycles. The molecule has 0 radical (unpaired) electrons. The highest BCUT2D eigenvalue weighted by atomic mass is 16.5. The molecule has 1 aromatic carbocycles. The van der Waals surface area contributed by atoms with Gasteiger partial charge in [-0.25, -0.2) is 0 Å². The Morgan fingerprint density at radius 1 is 1.35 bits per heavy atom. The number of methoxy groups -OCH3 is 1. The highest BCUT2D eigenvalue weighted by Crippen LogP contribution is 2.10. The summed E-state index contributed by atoms with van der Waals surface area (Å²) in [6.45, 7) is 2.43. The molecule has 2 amide bonds. The second-order valence-electron chi connectivity index (χ2n) is 5.07. The third kappa shape index (κ3) is 3.57. The van der Waals surface area contributed by atoms with Crippen LogP contribution in [0.1, 0.15) is 12.5 Å². The maximum absolute atomic E-state index is 12.4. The molecule has 0 spiro atoms. The molecule has 1 aliphatic rings. The van der Waals surface area contributed by atoms with Crippen molar-refractivity contribution in [1.82, 2.24) is 10.2 Å². The first-order chi connectivity index (χ1) is 9.60. The number of carbonyl (C=O) groups excluding carboxylic acids is 2. The van der Waals surface area contributed by atoms with Crippen LogP contribution < -0.4 is 5.32 Å². The van der Waals surface area contributed by atoms with Gasteiger partial charge in [-0.2, -0.15) is 0 Å². The highest BCUT2D eigenvalue weighted by molar-refractivity contribution is 5.95. The first-order valence-electron chi connectivity index (χ1n) is 6.75. The molecular formula is C15H20N2O3. The predicted molar refractivity (Wildman–Crippen MR) is 75.1 cm³/mol. The van der Waals surface area contributed by atoms with Crippen molar-refractivity contribution in [1.29, 1.82) is 0 Å². The molecule has 1 aliphatic heterocycles. The first kappa shape index (κ1) is 14.5. The fourth-order valence-electron chi connectivity index (χ4n) is 2.30. The average Bonchev–Trinajstić information content (AvgIpc) is 2.45. The maximum Gasteiger partial charge on any atom is 0.246 e. The number of benzene rings is 1. The van der Waals surface area contributed by atoms with Crippen molar-refractivity contribution in [3.8, 4) is 0 Å². The van der Waals surface area contributed by atoms with Gasteiger partial charge < -0.3 is 15.0 Å². The molecule has 0 aliphatic carbocycles. The number of hydrogen-bond acceptors (Lipinski definition) is 3. The average molecular weight is 276 g/mol. The summed E-state index contributed by atoms with van der Waals surface area (Å²) in [7, 11) is 1.60. The van der Waals surface area contributed by atoms with Crippen molar-refractivity contribution in [2.75, 3.05) is 20.2 Å². The zero-order valence-corrected chi connectivity index (χ0v) is 11.8. The Hall–Kier alpha value is -1.88. The molecule has 5 nitrogen and oxygen atoms in total. The number of nitrogens with zero attached hydrogens (tertiary/aromatic N) is 1. The largest absolute Gasteiger partial charge is 0.380 e. The summed E-state index contributed by atoms with van der Waals surface area (Å²) >= 11 is 0. The smallest absolute Gasteiger partial charge is 0.246 e. The summed E-state index contributed by atoms with van der Waals surface area (Å²) in [6, 6.07) is 9.20. The van der Waals surface area contributed by atoms with Gasteiger partial charge in [0.25, 0.3) is 0 Å². The van der Waals surface area contributed by atoms with Gasteiger partial charge in [0.15, 0.2) is 0 Å². The summed E-state index contributed by atoms with van der Waals surface area (Å²) in [6.07, 6.45) is 0.436. The van der Waals surface area contributed by atoms with Crippen molar-refractivity contribution in [2.45, 2.75) is 25.5 Å². The van der Waals surface area contributed by atoms with Crippen molar-refractivity contribution in [2.24, 2.45) is 0 Å².